The van der Waals surface area contributed by atoms with Crippen molar-refractivity contribution >= 4 is 17.3 Å². The summed E-state index contributed by atoms with van der Waals surface area (Å²) in [5, 5.41) is 6.15. The smallest absolute Gasteiger partial charge is 0.370 e. The molecule has 1 aromatic carbocycles. The number of aryl methyl sites for hydroxylation is 1. The molecular formula is C17H18F3N3O2. The highest BCUT2D eigenvalue weighted by Crippen LogP contribution is 2.36. The van der Waals surface area contributed by atoms with Gasteiger partial charge in [-0.2, -0.15) is 13.2 Å². The first kappa shape index (κ1) is 17.3. The molecule has 0 unspecified atom stereocenters. The molecular weight excluding hydrogens is 335 g/mol. The maximum Gasteiger partial charge on any atom is 0.416 e. The average molecular weight is 353 g/mol. The lowest BCUT2D eigenvalue weighted by atomic mass is 10.1. The first-order valence-electron chi connectivity index (χ1n) is 8.05. The number of alkyl halides is 3. The zero-order valence-corrected chi connectivity index (χ0v) is 13.7. The Labute approximate surface area is 142 Å². The van der Waals surface area contributed by atoms with Gasteiger partial charge in [-0.15, -0.1) is 0 Å². The number of rotatable bonds is 3. The highest BCUT2D eigenvalue weighted by Gasteiger charge is 2.32. The Hall–Kier alpha value is -2.51. The van der Waals surface area contributed by atoms with Gasteiger partial charge >= 0.3 is 6.18 Å². The van der Waals surface area contributed by atoms with E-state index in [2.05, 4.69) is 10.5 Å². The van der Waals surface area contributed by atoms with E-state index >= 15 is 0 Å². The lowest BCUT2D eigenvalue weighted by Gasteiger charge is -2.31. The van der Waals surface area contributed by atoms with Gasteiger partial charge < -0.3 is 14.7 Å². The summed E-state index contributed by atoms with van der Waals surface area (Å²) in [6, 6.07) is 4.86. The number of piperidine rings is 1. The standard InChI is InChI=1S/C17H18F3N3O2/c1-11-9-14(22-25-11)16(24)21-13-10-12(17(18,19)20)5-6-15(13)23-7-3-2-4-8-23/h5-6,9-10H,2-4,7-8H2,1H3,(H,21,24). The lowest BCUT2D eigenvalue weighted by molar-refractivity contribution is -0.137. The minimum absolute atomic E-state index is 0.0273. The van der Waals surface area contributed by atoms with Gasteiger partial charge in [0.05, 0.1) is 16.9 Å². The monoisotopic (exact) mass is 353 g/mol. The van der Waals surface area contributed by atoms with Crippen molar-refractivity contribution in [1.29, 1.82) is 0 Å². The summed E-state index contributed by atoms with van der Waals surface area (Å²) < 4.78 is 44.0. The van der Waals surface area contributed by atoms with Crippen molar-refractivity contribution in [2.24, 2.45) is 0 Å². The fraction of sp³-hybridized carbons (Fsp3) is 0.412. The van der Waals surface area contributed by atoms with Gasteiger partial charge in [0.2, 0.25) is 0 Å². The normalized spacial score (nSPS) is 15.3. The van der Waals surface area contributed by atoms with Crippen molar-refractivity contribution < 1.29 is 22.5 Å². The van der Waals surface area contributed by atoms with Gasteiger partial charge in [0.15, 0.2) is 5.69 Å². The number of benzene rings is 1. The van der Waals surface area contributed by atoms with E-state index in [1.807, 2.05) is 4.90 Å². The minimum Gasteiger partial charge on any atom is -0.370 e. The second-order valence-electron chi connectivity index (χ2n) is 6.05. The molecule has 1 N–H and O–H groups in total. The zero-order valence-electron chi connectivity index (χ0n) is 13.7. The molecule has 25 heavy (non-hydrogen) atoms. The van der Waals surface area contributed by atoms with E-state index in [0.29, 0.717) is 11.4 Å². The third-order valence-electron chi connectivity index (χ3n) is 4.13. The number of carbonyl (C=O) groups excluding carboxylic acids is 1. The molecule has 8 heteroatoms. The van der Waals surface area contributed by atoms with Crippen LogP contribution in [0.1, 0.15) is 41.1 Å². The van der Waals surface area contributed by atoms with Crippen LogP contribution in [0, 0.1) is 6.92 Å². The molecule has 3 rings (SSSR count). The number of nitrogens with zero attached hydrogens (tertiary/aromatic N) is 2. The Bertz CT molecular complexity index is 765. The second kappa shape index (κ2) is 6.78. The summed E-state index contributed by atoms with van der Waals surface area (Å²) in [6.07, 6.45) is -1.45. The molecule has 0 bridgehead atoms. The van der Waals surface area contributed by atoms with Gasteiger partial charge in [-0.1, -0.05) is 5.16 Å². The Balaban J connectivity index is 1.93. The first-order valence-corrected chi connectivity index (χ1v) is 8.05. The fourth-order valence-electron chi connectivity index (χ4n) is 2.88. The van der Waals surface area contributed by atoms with Gasteiger partial charge in [0, 0.05) is 19.2 Å². The Morgan fingerprint density at radius 3 is 2.52 bits per heavy atom. The van der Waals surface area contributed by atoms with Crippen LogP contribution in [0.15, 0.2) is 28.8 Å². The van der Waals surface area contributed by atoms with Crippen LogP contribution in [-0.2, 0) is 6.18 Å². The quantitative estimate of drug-likeness (QED) is 0.896. The molecule has 1 aromatic heterocycles. The molecule has 2 heterocycles. The van der Waals surface area contributed by atoms with Crippen molar-refractivity contribution in [3.8, 4) is 0 Å². The average Bonchev–Trinajstić information content (AvgIpc) is 3.01. The number of hydrogen-bond acceptors (Lipinski definition) is 4. The van der Waals surface area contributed by atoms with Crippen LogP contribution in [0.25, 0.3) is 0 Å². The summed E-state index contributed by atoms with van der Waals surface area (Å²) in [4.78, 5) is 14.3. The topological polar surface area (TPSA) is 58.4 Å². The molecule has 0 spiro atoms. The SMILES string of the molecule is Cc1cc(C(=O)Nc2cc(C(F)(F)F)ccc2N2CCCCC2)no1. The maximum atomic E-state index is 13.1. The van der Waals surface area contributed by atoms with Crippen molar-refractivity contribution in [2.75, 3.05) is 23.3 Å². The van der Waals surface area contributed by atoms with Gasteiger partial charge in [0.1, 0.15) is 5.76 Å². The van der Waals surface area contributed by atoms with Crippen molar-refractivity contribution in [3.63, 3.8) is 0 Å². The third kappa shape index (κ3) is 3.94. The largest absolute Gasteiger partial charge is 0.416 e. The Morgan fingerprint density at radius 2 is 1.92 bits per heavy atom. The number of amides is 1. The van der Waals surface area contributed by atoms with E-state index in [9.17, 15) is 18.0 Å². The van der Waals surface area contributed by atoms with Crippen LogP contribution in [0.4, 0.5) is 24.5 Å². The van der Waals surface area contributed by atoms with Crippen LogP contribution < -0.4 is 10.2 Å². The highest BCUT2D eigenvalue weighted by atomic mass is 19.4. The molecule has 5 nitrogen and oxygen atoms in total. The highest BCUT2D eigenvalue weighted by molar-refractivity contribution is 6.04. The molecule has 0 atom stereocenters. The molecule has 1 aliphatic heterocycles. The molecule has 1 amide bonds. The van der Waals surface area contributed by atoms with Gasteiger partial charge in [-0.3, -0.25) is 4.79 Å². The van der Waals surface area contributed by atoms with Crippen molar-refractivity contribution in [3.05, 3.63) is 41.3 Å². The fourth-order valence-corrected chi connectivity index (χ4v) is 2.88. The number of nitrogens with one attached hydrogen (secondary N) is 1. The van der Waals surface area contributed by atoms with E-state index in [1.54, 1.807) is 6.92 Å². The summed E-state index contributed by atoms with van der Waals surface area (Å²) in [5.74, 6) is -0.153. The van der Waals surface area contributed by atoms with Crippen LogP contribution in [0.3, 0.4) is 0 Å². The van der Waals surface area contributed by atoms with Gasteiger partial charge in [-0.05, 0) is 44.4 Å². The predicted molar refractivity (Wildman–Crippen MR) is 86.7 cm³/mol. The van der Waals surface area contributed by atoms with E-state index < -0.39 is 17.6 Å². The van der Waals surface area contributed by atoms with Crippen molar-refractivity contribution in [1.82, 2.24) is 5.16 Å². The Kier molecular flexibility index (Phi) is 4.69. The number of carbonyl (C=O) groups is 1. The van der Waals surface area contributed by atoms with Gasteiger partial charge in [-0.25, -0.2) is 0 Å². The van der Waals surface area contributed by atoms with E-state index in [0.717, 1.165) is 44.5 Å². The second-order valence-corrected chi connectivity index (χ2v) is 6.05. The Morgan fingerprint density at radius 1 is 1.20 bits per heavy atom. The molecule has 0 radical (unpaired) electrons. The molecule has 0 saturated carbocycles. The van der Waals surface area contributed by atoms with Crippen molar-refractivity contribution in [2.45, 2.75) is 32.4 Å². The first-order chi connectivity index (χ1) is 11.8. The summed E-state index contributed by atoms with van der Waals surface area (Å²) in [7, 11) is 0. The predicted octanol–water partition coefficient (Wildman–Crippen LogP) is 4.24. The number of halogens is 3. The molecule has 1 saturated heterocycles. The van der Waals surface area contributed by atoms with Crippen LogP contribution in [0.2, 0.25) is 0 Å². The summed E-state index contributed by atoms with van der Waals surface area (Å²) >= 11 is 0. The molecule has 0 aliphatic carbocycles. The van der Waals surface area contributed by atoms with E-state index in [-0.39, 0.29) is 11.4 Å². The number of anilines is 2. The molecule has 1 fully saturated rings. The number of aromatic nitrogens is 1. The summed E-state index contributed by atoms with van der Waals surface area (Å²) in [5.41, 5.74) is -0.0666. The molecule has 134 valence electrons. The van der Waals surface area contributed by atoms with Gasteiger partial charge in [0.25, 0.3) is 5.91 Å². The van der Waals surface area contributed by atoms with E-state index in [1.165, 1.54) is 12.1 Å². The molecule has 1 aliphatic rings. The van der Waals surface area contributed by atoms with Crippen LogP contribution in [0.5, 0.6) is 0 Å². The van der Waals surface area contributed by atoms with E-state index in [4.69, 9.17) is 4.52 Å². The maximum absolute atomic E-state index is 13.1. The minimum atomic E-state index is -4.48. The van der Waals surface area contributed by atoms with Crippen LogP contribution >= 0.6 is 0 Å². The number of hydrogen-bond donors (Lipinski definition) is 1. The lowest BCUT2D eigenvalue weighted by Crippen LogP contribution is -2.30. The third-order valence-corrected chi connectivity index (χ3v) is 4.13. The molecule has 2 aromatic rings. The zero-order chi connectivity index (χ0) is 18.0. The van der Waals surface area contributed by atoms with Crippen LogP contribution in [-0.4, -0.2) is 24.2 Å². The summed E-state index contributed by atoms with van der Waals surface area (Å²) in [6.45, 7) is 3.13.